The van der Waals surface area contributed by atoms with Crippen LogP contribution in [0.5, 0.6) is 0 Å². The van der Waals surface area contributed by atoms with Crippen LogP contribution in [-0.2, 0) is 6.42 Å². The molecule has 4 nitrogen and oxygen atoms in total. The fourth-order valence-electron chi connectivity index (χ4n) is 2.15. The number of carbonyl (C=O) groups excluding carboxylic acids is 1. The maximum absolute atomic E-state index is 13.0. The molecule has 0 fully saturated rings. The monoisotopic (exact) mass is 327 g/mol. The van der Waals surface area contributed by atoms with Crippen molar-refractivity contribution in [2.45, 2.75) is 13.3 Å². The summed E-state index contributed by atoms with van der Waals surface area (Å²) >= 11 is 1.35. The second-order valence-corrected chi connectivity index (χ2v) is 6.35. The summed E-state index contributed by atoms with van der Waals surface area (Å²) in [4.78, 5) is 21.8. The van der Waals surface area contributed by atoms with E-state index >= 15 is 0 Å². The van der Waals surface area contributed by atoms with Crippen molar-refractivity contribution in [1.29, 1.82) is 0 Å². The van der Waals surface area contributed by atoms with Gasteiger partial charge in [0.05, 0.1) is 23.5 Å². The smallest absolute Gasteiger partial charge is 0.197 e. The highest BCUT2D eigenvalue weighted by molar-refractivity contribution is 7.13. The summed E-state index contributed by atoms with van der Waals surface area (Å²) in [5.74, 6) is -0.419. The van der Waals surface area contributed by atoms with Gasteiger partial charge in [0.2, 0.25) is 0 Å². The highest BCUT2D eigenvalue weighted by Crippen LogP contribution is 2.22. The minimum atomic E-state index is -0.307. The summed E-state index contributed by atoms with van der Waals surface area (Å²) in [6.45, 7) is 1.90. The molecule has 0 aliphatic rings. The van der Waals surface area contributed by atoms with Crippen LogP contribution in [0.15, 0.2) is 42.6 Å². The van der Waals surface area contributed by atoms with E-state index in [0.29, 0.717) is 22.1 Å². The number of nitrogens with zero attached hydrogens (tertiary/aromatic N) is 2. The van der Waals surface area contributed by atoms with E-state index in [-0.39, 0.29) is 18.0 Å². The Bertz CT molecular complexity index is 859. The molecule has 6 heteroatoms. The van der Waals surface area contributed by atoms with Crippen molar-refractivity contribution >= 4 is 22.8 Å². The van der Waals surface area contributed by atoms with Gasteiger partial charge in [0.15, 0.2) is 10.8 Å². The molecule has 23 heavy (non-hydrogen) atoms. The molecule has 0 spiro atoms. The van der Waals surface area contributed by atoms with Gasteiger partial charge >= 0.3 is 0 Å². The summed E-state index contributed by atoms with van der Waals surface area (Å²) in [6, 6.07) is 9.49. The number of benzene rings is 1. The van der Waals surface area contributed by atoms with E-state index in [0.717, 1.165) is 10.4 Å². The molecule has 2 heterocycles. The minimum absolute atomic E-state index is 0.0911. The number of thiazole rings is 1. The Balaban J connectivity index is 1.88. The first kappa shape index (κ1) is 15.3. The average molecular weight is 327 g/mol. The van der Waals surface area contributed by atoms with E-state index < -0.39 is 0 Å². The number of ketones is 1. The van der Waals surface area contributed by atoms with Crippen molar-refractivity contribution < 1.29 is 9.18 Å². The second kappa shape index (κ2) is 6.26. The Kier molecular flexibility index (Phi) is 4.16. The molecule has 0 saturated heterocycles. The third-order valence-corrected chi connectivity index (χ3v) is 4.29. The van der Waals surface area contributed by atoms with Gasteiger partial charge < -0.3 is 5.73 Å². The van der Waals surface area contributed by atoms with Crippen molar-refractivity contribution in [3.8, 4) is 11.3 Å². The van der Waals surface area contributed by atoms with Crippen molar-refractivity contribution in [2.24, 2.45) is 0 Å². The molecule has 0 unspecified atom stereocenters. The van der Waals surface area contributed by atoms with Gasteiger partial charge in [0.25, 0.3) is 0 Å². The number of halogens is 1. The zero-order chi connectivity index (χ0) is 16.4. The number of aromatic nitrogens is 2. The minimum Gasteiger partial charge on any atom is -0.397 e. The number of anilines is 1. The molecule has 0 saturated carbocycles. The molecule has 0 bridgehead atoms. The van der Waals surface area contributed by atoms with Crippen LogP contribution >= 0.6 is 11.3 Å². The van der Waals surface area contributed by atoms with E-state index in [1.807, 2.05) is 6.92 Å². The molecule has 0 amide bonds. The van der Waals surface area contributed by atoms with Crippen molar-refractivity contribution in [3.63, 3.8) is 0 Å². The molecule has 0 radical (unpaired) electrons. The van der Waals surface area contributed by atoms with E-state index in [9.17, 15) is 9.18 Å². The number of hydrogen-bond donors (Lipinski definition) is 1. The molecule has 2 N–H and O–H groups in total. The lowest BCUT2D eigenvalue weighted by Gasteiger charge is -2.07. The van der Waals surface area contributed by atoms with Crippen LogP contribution < -0.4 is 5.73 Å². The number of hydrogen-bond acceptors (Lipinski definition) is 5. The van der Waals surface area contributed by atoms with Crippen molar-refractivity contribution in [3.05, 3.63) is 64.0 Å². The lowest BCUT2D eigenvalue weighted by Crippen LogP contribution is -2.08. The van der Waals surface area contributed by atoms with Gasteiger partial charge in [-0.05, 0) is 43.3 Å². The molecule has 116 valence electrons. The van der Waals surface area contributed by atoms with Crippen LogP contribution in [0.2, 0.25) is 0 Å². The topological polar surface area (TPSA) is 68.9 Å². The Hall–Kier alpha value is -2.60. The third kappa shape index (κ3) is 3.43. The zero-order valence-corrected chi connectivity index (χ0v) is 13.2. The predicted molar refractivity (Wildman–Crippen MR) is 88.9 cm³/mol. The summed E-state index contributed by atoms with van der Waals surface area (Å²) < 4.78 is 13.0. The van der Waals surface area contributed by atoms with Crippen LogP contribution in [-0.4, -0.2) is 15.8 Å². The average Bonchev–Trinajstić information content (AvgIpc) is 2.97. The van der Waals surface area contributed by atoms with Gasteiger partial charge in [0, 0.05) is 16.6 Å². The molecule has 1 aromatic carbocycles. The van der Waals surface area contributed by atoms with Gasteiger partial charge in [-0.15, -0.1) is 11.3 Å². The number of aryl methyl sites for hydroxylation is 1. The second-order valence-electron chi connectivity index (χ2n) is 5.12. The molecule has 0 atom stereocenters. The van der Waals surface area contributed by atoms with Gasteiger partial charge in [-0.3, -0.25) is 9.78 Å². The number of carbonyl (C=O) groups is 1. The Morgan fingerprint density at radius 1 is 1.22 bits per heavy atom. The van der Waals surface area contributed by atoms with Gasteiger partial charge in [-0.1, -0.05) is 0 Å². The molecule has 0 aliphatic carbocycles. The van der Waals surface area contributed by atoms with Crippen LogP contribution in [0, 0.1) is 12.7 Å². The van der Waals surface area contributed by atoms with Crippen molar-refractivity contribution in [2.75, 3.05) is 5.73 Å². The maximum atomic E-state index is 13.0. The molecule has 3 rings (SSSR count). The number of rotatable bonds is 4. The Morgan fingerprint density at radius 2 is 1.96 bits per heavy atom. The highest BCUT2D eigenvalue weighted by atomic mass is 32.1. The molecule has 3 aromatic rings. The van der Waals surface area contributed by atoms with Crippen LogP contribution in [0.3, 0.4) is 0 Å². The molecule has 2 aromatic heterocycles. The summed E-state index contributed by atoms with van der Waals surface area (Å²) in [7, 11) is 0. The fourth-order valence-corrected chi connectivity index (χ4v) is 2.85. The molecular formula is C17H14FN3OS. The lowest BCUT2D eigenvalue weighted by atomic mass is 10.1. The van der Waals surface area contributed by atoms with Crippen LogP contribution in [0.25, 0.3) is 11.3 Å². The van der Waals surface area contributed by atoms with E-state index in [4.69, 9.17) is 5.73 Å². The van der Waals surface area contributed by atoms with Gasteiger partial charge in [0.1, 0.15) is 5.82 Å². The number of nitrogens with two attached hydrogens (primary N) is 1. The number of pyridine rings is 1. The largest absolute Gasteiger partial charge is 0.397 e. The van der Waals surface area contributed by atoms with Gasteiger partial charge in [-0.2, -0.15) is 0 Å². The summed E-state index contributed by atoms with van der Waals surface area (Å²) in [5.41, 5.74) is 8.31. The number of Topliss-reactive ketones (excluding diaryl/α,β-unsaturated/α-hetero) is 1. The van der Waals surface area contributed by atoms with Crippen LogP contribution in [0.1, 0.15) is 20.4 Å². The predicted octanol–water partition coefficient (Wildman–Crippen LogP) is 3.66. The summed E-state index contributed by atoms with van der Waals surface area (Å²) in [5, 5.41) is 0.455. The van der Waals surface area contributed by atoms with E-state index in [1.54, 1.807) is 30.5 Å². The third-order valence-electron chi connectivity index (χ3n) is 3.34. The zero-order valence-electron chi connectivity index (χ0n) is 12.4. The lowest BCUT2D eigenvalue weighted by molar-refractivity contribution is 0.0992. The van der Waals surface area contributed by atoms with Crippen LogP contribution in [0.4, 0.5) is 10.1 Å². The maximum Gasteiger partial charge on any atom is 0.197 e. The first-order valence-corrected chi connectivity index (χ1v) is 7.81. The SMILES string of the molecule is Cc1cnc(C(=O)Cc2nc(-c3ccc(F)cc3)ccc2N)s1. The first-order chi connectivity index (χ1) is 11.0. The quantitative estimate of drug-likeness (QED) is 0.743. The van der Waals surface area contributed by atoms with Gasteiger partial charge in [-0.25, -0.2) is 9.37 Å². The molecule has 0 aliphatic heterocycles. The fraction of sp³-hybridized carbons (Fsp3) is 0.118. The van der Waals surface area contributed by atoms with E-state index in [2.05, 4.69) is 9.97 Å². The molecular weight excluding hydrogens is 313 g/mol. The highest BCUT2D eigenvalue weighted by Gasteiger charge is 2.14. The standard InChI is InChI=1S/C17H14FN3OS/c1-10-9-20-17(23-10)16(22)8-15-13(19)6-7-14(21-15)11-2-4-12(18)5-3-11/h2-7,9H,8,19H2,1H3. The number of nitrogen functional groups attached to an aromatic ring is 1. The van der Waals surface area contributed by atoms with Crippen molar-refractivity contribution in [1.82, 2.24) is 9.97 Å². The summed E-state index contributed by atoms with van der Waals surface area (Å²) in [6.07, 6.45) is 1.76. The van der Waals surface area contributed by atoms with E-state index in [1.165, 1.54) is 23.5 Å². The Morgan fingerprint density at radius 3 is 2.61 bits per heavy atom. The normalized spacial score (nSPS) is 10.7. The Labute approximate surface area is 136 Å². The first-order valence-electron chi connectivity index (χ1n) is 7.00.